The van der Waals surface area contributed by atoms with E-state index < -0.39 is 0 Å². The fourth-order valence-electron chi connectivity index (χ4n) is 2.46. The molecule has 1 aromatic carbocycles. The Morgan fingerprint density at radius 2 is 1.95 bits per heavy atom. The molecule has 0 saturated heterocycles. The van der Waals surface area contributed by atoms with Crippen molar-refractivity contribution in [1.82, 2.24) is 4.90 Å². The van der Waals surface area contributed by atoms with Gasteiger partial charge in [0.1, 0.15) is 0 Å². The van der Waals surface area contributed by atoms with Crippen molar-refractivity contribution in [3.8, 4) is 11.5 Å². The van der Waals surface area contributed by atoms with Gasteiger partial charge in [-0.1, -0.05) is 31.5 Å². The molecule has 0 aliphatic carbocycles. The molecule has 0 heterocycles. The van der Waals surface area contributed by atoms with E-state index in [2.05, 4.69) is 18.7 Å². The third-order valence-corrected chi connectivity index (χ3v) is 3.84. The van der Waals surface area contributed by atoms with Crippen molar-refractivity contribution in [2.24, 2.45) is 5.73 Å². The minimum atomic E-state index is 0.0901. The predicted octanol–water partition coefficient (Wildman–Crippen LogP) is 3.09. The molecule has 1 unspecified atom stereocenters. The van der Waals surface area contributed by atoms with Crippen LogP contribution in [0.4, 0.5) is 0 Å². The van der Waals surface area contributed by atoms with Crippen molar-refractivity contribution >= 4 is 11.6 Å². The number of hydrogen-bond acceptors (Lipinski definition) is 4. The van der Waals surface area contributed by atoms with Crippen molar-refractivity contribution in [3.63, 3.8) is 0 Å². The first kappa shape index (κ1) is 17.1. The molecule has 0 amide bonds. The summed E-state index contributed by atoms with van der Waals surface area (Å²) >= 11 is 6.48. The highest BCUT2D eigenvalue weighted by molar-refractivity contribution is 6.33. The third kappa shape index (κ3) is 3.57. The van der Waals surface area contributed by atoms with Gasteiger partial charge in [-0.25, -0.2) is 0 Å². The number of nitrogens with zero attached hydrogens (tertiary/aromatic N) is 1. The molecule has 1 atom stereocenters. The minimum Gasteiger partial charge on any atom is -0.493 e. The molecule has 0 spiro atoms. The second kappa shape index (κ2) is 8.35. The van der Waals surface area contributed by atoms with Crippen LogP contribution in [0.1, 0.15) is 31.9 Å². The van der Waals surface area contributed by atoms with Gasteiger partial charge < -0.3 is 15.2 Å². The number of benzene rings is 1. The van der Waals surface area contributed by atoms with Crippen LogP contribution in [0.3, 0.4) is 0 Å². The summed E-state index contributed by atoms with van der Waals surface area (Å²) in [4.78, 5) is 2.33. The maximum Gasteiger partial charge on any atom is 0.179 e. The zero-order chi connectivity index (χ0) is 15.1. The summed E-state index contributed by atoms with van der Waals surface area (Å²) in [7, 11) is 3.19. The van der Waals surface area contributed by atoms with Crippen LogP contribution in [0, 0.1) is 0 Å². The topological polar surface area (TPSA) is 47.7 Å². The second-order valence-electron chi connectivity index (χ2n) is 4.58. The average molecular weight is 301 g/mol. The van der Waals surface area contributed by atoms with E-state index in [4.69, 9.17) is 26.8 Å². The van der Waals surface area contributed by atoms with Crippen LogP contribution in [-0.2, 0) is 0 Å². The molecule has 0 bridgehead atoms. The summed E-state index contributed by atoms with van der Waals surface area (Å²) in [6, 6.07) is 3.94. The number of rotatable bonds is 8. The molecular weight excluding hydrogens is 276 g/mol. The largest absolute Gasteiger partial charge is 0.493 e. The first-order valence-corrected chi connectivity index (χ1v) is 7.36. The van der Waals surface area contributed by atoms with Gasteiger partial charge in [0.2, 0.25) is 0 Å². The van der Waals surface area contributed by atoms with Crippen LogP contribution in [0.2, 0.25) is 5.02 Å². The first-order valence-electron chi connectivity index (χ1n) is 6.98. The monoisotopic (exact) mass is 300 g/mol. The molecule has 0 aromatic heterocycles. The van der Waals surface area contributed by atoms with Crippen molar-refractivity contribution in [3.05, 3.63) is 22.7 Å². The Hall–Kier alpha value is -0.970. The normalized spacial score (nSPS) is 12.6. The lowest BCUT2D eigenvalue weighted by molar-refractivity contribution is 0.212. The smallest absolute Gasteiger partial charge is 0.179 e. The Balaban J connectivity index is 3.21. The Bertz CT molecular complexity index is 427. The van der Waals surface area contributed by atoms with E-state index in [9.17, 15) is 0 Å². The molecule has 1 rings (SSSR count). The summed E-state index contributed by atoms with van der Waals surface area (Å²) in [6.07, 6.45) is 1.08. The van der Waals surface area contributed by atoms with Crippen LogP contribution < -0.4 is 15.2 Å². The van der Waals surface area contributed by atoms with Crippen molar-refractivity contribution in [2.45, 2.75) is 26.3 Å². The number of halogens is 1. The lowest BCUT2D eigenvalue weighted by Gasteiger charge is -2.31. The van der Waals surface area contributed by atoms with Gasteiger partial charge in [-0.3, -0.25) is 4.90 Å². The molecule has 5 heteroatoms. The second-order valence-corrected chi connectivity index (χ2v) is 4.96. The highest BCUT2D eigenvalue weighted by Gasteiger charge is 2.23. The molecule has 1 aromatic rings. The Morgan fingerprint density at radius 1 is 1.25 bits per heavy atom. The highest BCUT2D eigenvalue weighted by Crippen LogP contribution is 2.40. The lowest BCUT2D eigenvalue weighted by Crippen LogP contribution is -2.34. The van der Waals surface area contributed by atoms with Crippen molar-refractivity contribution in [2.75, 3.05) is 33.9 Å². The number of hydrogen-bond donors (Lipinski definition) is 1. The third-order valence-electron chi connectivity index (χ3n) is 3.45. The van der Waals surface area contributed by atoms with Gasteiger partial charge in [-0.05, 0) is 31.1 Å². The van der Waals surface area contributed by atoms with Crippen LogP contribution in [0.25, 0.3) is 0 Å². The number of likely N-dealkylation sites (N-methyl/N-ethyl adjacent to an activating group) is 1. The standard InChI is InChI=1S/C15H25ClN2O2/c1-5-9-18(6-2)12(10-17)11-7-8-13(19-3)15(20-4)14(11)16/h7-8,12H,5-6,9-10,17H2,1-4H3. The van der Waals surface area contributed by atoms with Crippen molar-refractivity contribution < 1.29 is 9.47 Å². The van der Waals surface area contributed by atoms with E-state index in [-0.39, 0.29) is 6.04 Å². The Labute approximate surface area is 126 Å². The van der Waals surface area contributed by atoms with E-state index in [1.54, 1.807) is 14.2 Å². The summed E-state index contributed by atoms with van der Waals surface area (Å²) in [5.74, 6) is 1.20. The van der Waals surface area contributed by atoms with Gasteiger partial charge in [-0.15, -0.1) is 0 Å². The maximum absolute atomic E-state index is 6.48. The van der Waals surface area contributed by atoms with E-state index in [1.807, 2.05) is 12.1 Å². The van der Waals surface area contributed by atoms with E-state index in [1.165, 1.54) is 0 Å². The number of nitrogens with two attached hydrogens (primary N) is 1. The molecule has 4 nitrogen and oxygen atoms in total. The Morgan fingerprint density at radius 3 is 2.40 bits per heavy atom. The molecule has 114 valence electrons. The minimum absolute atomic E-state index is 0.0901. The first-order chi connectivity index (χ1) is 9.64. The van der Waals surface area contributed by atoms with Crippen LogP contribution >= 0.6 is 11.6 Å². The summed E-state index contributed by atoms with van der Waals surface area (Å²) in [5.41, 5.74) is 6.96. The van der Waals surface area contributed by atoms with Crippen LogP contribution in [0.5, 0.6) is 11.5 Å². The van der Waals surface area contributed by atoms with Gasteiger partial charge >= 0.3 is 0 Å². The molecule has 0 aliphatic heterocycles. The Kier molecular flexibility index (Phi) is 7.13. The SMILES string of the molecule is CCCN(CC)C(CN)c1ccc(OC)c(OC)c1Cl. The molecule has 0 aliphatic rings. The van der Waals surface area contributed by atoms with E-state index in [0.29, 0.717) is 23.1 Å². The summed E-state index contributed by atoms with van der Waals surface area (Å²) in [5, 5.41) is 0.580. The van der Waals surface area contributed by atoms with Gasteiger partial charge in [-0.2, -0.15) is 0 Å². The molecule has 20 heavy (non-hydrogen) atoms. The van der Waals surface area contributed by atoms with Crippen molar-refractivity contribution in [1.29, 1.82) is 0 Å². The predicted molar refractivity (Wildman–Crippen MR) is 83.9 cm³/mol. The molecule has 2 N–H and O–H groups in total. The van der Waals surface area contributed by atoms with E-state index in [0.717, 1.165) is 25.1 Å². The van der Waals surface area contributed by atoms with Crippen LogP contribution in [0.15, 0.2) is 12.1 Å². The fourth-order valence-corrected chi connectivity index (χ4v) is 2.82. The zero-order valence-corrected chi connectivity index (χ0v) is 13.5. The van der Waals surface area contributed by atoms with Gasteiger partial charge in [0.25, 0.3) is 0 Å². The quantitative estimate of drug-likeness (QED) is 0.801. The highest BCUT2D eigenvalue weighted by atomic mass is 35.5. The van der Waals surface area contributed by atoms with Gasteiger partial charge in [0, 0.05) is 12.6 Å². The molecule has 0 saturated carbocycles. The average Bonchev–Trinajstić information content (AvgIpc) is 2.47. The molecule has 0 radical (unpaired) electrons. The van der Waals surface area contributed by atoms with Gasteiger partial charge in [0.05, 0.1) is 19.2 Å². The van der Waals surface area contributed by atoms with E-state index >= 15 is 0 Å². The summed E-state index contributed by atoms with van der Waals surface area (Å²) in [6.45, 7) is 6.73. The molecule has 0 fully saturated rings. The fraction of sp³-hybridized carbons (Fsp3) is 0.600. The number of methoxy groups -OCH3 is 2. The zero-order valence-electron chi connectivity index (χ0n) is 12.8. The molecular formula is C15H25ClN2O2. The number of ether oxygens (including phenoxy) is 2. The summed E-state index contributed by atoms with van der Waals surface area (Å²) < 4.78 is 10.6. The lowest BCUT2D eigenvalue weighted by atomic mass is 10.0. The van der Waals surface area contributed by atoms with Gasteiger partial charge in [0.15, 0.2) is 11.5 Å². The van der Waals surface area contributed by atoms with Crippen LogP contribution in [-0.4, -0.2) is 38.8 Å². The maximum atomic E-state index is 6.48.